The predicted molar refractivity (Wildman–Crippen MR) is 130 cm³/mol. The van der Waals surface area contributed by atoms with Gasteiger partial charge in [0, 0.05) is 11.7 Å². The van der Waals surface area contributed by atoms with E-state index in [2.05, 4.69) is 16.0 Å². The predicted octanol–water partition coefficient (Wildman–Crippen LogP) is 2.85. The van der Waals surface area contributed by atoms with Crippen LogP contribution in [0.15, 0.2) is 58.1 Å². The van der Waals surface area contributed by atoms with Gasteiger partial charge in [-0.05, 0) is 55.2 Å². The Morgan fingerprint density at radius 1 is 1.03 bits per heavy atom. The molecule has 0 heterocycles. The van der Waals surface area contributed by atoms with Crippen molar-refractivity contribution < 1.29 is 24.2 Å². The number of ether oxygens (including phenoxy) is 2. The SMILES string of the molecule is CCOC(=O)NC(COc1ccc(-c2cccc(Nc3c(NC4CC4)c(=O)c3=O)c2)cc1)C(=O)O. The van der Waals surface area contributed by atoms with E-state index in [0.717, 1.165) is 24.0 Å². The molecule has 0 radical (unpaired) electrons. The van der Waals surface area contributed by atoms with E-state index in [4.69, 9.17) is 9.47 Å². The van der Waals surface area contributed by atoms with Gasteiger partial charge in [-0.25, -0.2) is 9.59 Å². The molecule has 1 fully saturated rings. The Morgan fingerprint density at radius 3 is 2.40 bits per heavy atom. The second-order valence-electron chi connectivity index (χ2n) is 8.12. The highest BCUT2D eigenvalue weighted by Gasteiger charge is 2.28. The van der Waals surface area contributed by atoms with Crippen molar-refractivity contribution in [2.45, 2.75) is 31.8 Å². The van der Waals surface area contributed by atoms with Gasteiger partial charge < -0.3 is 30.5 Å². The number of nitrogens with one attached hydrogen (secondary N) is 3. The molecular formula is C25H25N3O7. The van der Waals surface area contributed by atoms with Crippen molar-refractivity contribution in [1.82, 2.24) is 5.32 Å². The first-order valence-corrected chi connectivity index (χ1v) is 11.2. The maximum atomic E-state index is 12.0. The number of carbonyl (C=O) groups is 2. The van der Waals surface area contributed by atoms with Crippen LogP contribution in [0, 0.1) is 0 Å². The summed E-state index contributed by atoms with van der Waals surface area (Å²) in [6.07, 6.45) is 1.16. The molecule has 3 aromatic rings. The van der Waals surface area contributed by atoms with E-state index in [1.165, 1.54) is 0 Å². The van der Waals surface area contributed by atoms with Crippen molar-refractivity contribution >= 4 is 29.1 Å². The van der Waals surface area contributed by atoms with Crippen LogP contribution in [-0.2, 0) is 9.53 Å². The molecule has 1 atom stereocenters. The normalized spacial score (nSPS) is 13.6. The van der Waals surface area contributed by atoms with Crippen molar-refractivity contribution in [3.05, 3.63) is 69.0 Å². The third kappa shape index (κ3) is 5.78. The van der Waals surface area contributed by atoms with Crippen LogP contribution in [0.4, 0.5) is 21.9 Å². The lowest BCUT2D eigenvalue weighted by Gasteiger charge is -2.16. The molecule has 0 bridgehead atoms. The molecule has 1 saturated carbocycles. The summed E-state index contributed by atoms with van der Waals surface area (Å²) in [4.78, 5) is 46.7. The van der Waals surface area contributed by atoms with Crippen LogP contribution in [0.1, 0.15) is 19.8 Å². The fourth-order valence-electron chi connectivity index (χ4n) is 3.41. The number of aliphatic carboxylic acids is 1. The van der Waals surface area contributed by atoms with Crippen LogP contribution >= 0.6 is 0 Å². The van der Waals surface area contributed by atoms with Gasteiger partial charge in [0.15, 0.2) is 6.04 Å². The molecule has 0 saturated heterocycles. The zero-order valence-electron chi connectivity index (χ0n) is 19.0. The van der Waals surface area contributed by atoms with Gasteiger partial charge in [0.05, 0.1) is 6.61 Å². The fourth-order valence-corrected chi connectivity index (χ4v) is 3.41. The molecule has 1 unspecified atom stereocenters. The zero-order valence-corrected chi connectivity index (χ0v) is 19.0. The topological polar surface area (TPSA) is 143 Å². The van der Waals surface area contributed by atoms with Gasteiger partial charge in [0.1, 0.15) is 23.7 Å². The van der Waals surface area contributed by atoms with Gasteiger partial charge >= 0.3 is 12.1 Å². The number of alkyl carbamates (subject to hydrolysis) is 1. The Balaban J connectivity index is 1.40. The lowest BCUT2D eigenvalue weighted by Crippen LogP contribution is -2.45. The molecule has 1 aliphatic rings. The molecule has 35 heavy (non-hydrogen) atoms. The molecule has 0 aromatic heterocycles. The van der Waals surface area contributed by atoms with Crippen LogP contribution in [0.25, 0.3) is 11.1 Å². The number of anilines is 3. The Hall–Kier alpha value is -4.34. The number of carbonyl (C=O) groups excluding carboxylic acids is 1. The number of amides is 1. The van der Waals surface area contributed by atoms with E-state index in [9.17, 15) is 24.3 Å². The summed E-state index contributed by atoms with van der Waals surface area (Å²) in [6, 6.07) is 13.4. The number of hydrogen-bond acceptors (Lipinski definition) is 8. The molecule has 4 rings (SSSR count). The molecule has 0 aliphatic heterocycles. The molecule has 1 aliphatic carbocycles. The maximum absolute atomic E-state index is 12.0. The lowest BCUT2D eigenvalue weighted by atomic mass is 10.0. The first-order valence-electron chi connectivity index (χ1n) is 11.2. The standard InChI is InChI=1S/C25H25N3O7/c1-2-34-25(33)28-19(24(31)32)13-35-18-10-6-14(7-11-18)15-4-3-5-17(12-15)27-21-20(22(29)23(21)30)26-16-8-9-16/h3-7,10-12,16,19,26-27H,2,8-9,13H2,1H3,(H,28,33)(H,31,32). The minimum absolute atomic E-state index is 0.127. The molecule has 1 amide bonds. The smallest absolute Gasteiger partial charge is 0.407 e. The van der Waals surface area contributed by atoms with Crippen molar-refractivity contribution in [2.24, 2.45) is 0 Å². The van der Waals surface area contributed by atoms with Crippen LogP contribution in [0.5, 0.6) is 5.75 Å². The molecule has 0 spiro atoms. The Bertz CT molecular complexity index is 1290. The van der Waals surface area contributed by atoms with Crippen molar-refractivity contribution in [3.63, 3.8) is 0 Å². The van der Waals surface area contributed by atoms with Crippen molar-refractivity contribution in [3.8, 4) is 16.9 Å². The Morgan fingerprint density at radius 2 is 1.74 bits per heavy atom. The fraction of sp³-hybridized carbons (Fsp3) is 0.280. The van der Waals surface area contributed by atoms with E-state index >= 15 is 0 Å². The third-order valence-electron chi connectivity index (χ3n) is 5.44. The summed E-state index contributed by atoms with van der Waals surface area (Å²) < 4.78 is 10.2. The van der Waals surface area contributed by atoms with Gasteiger partial charge in [0.2, 0.25) is 0 Å². The Kier molecular flexibility index (Phi) is 7.00. The largest absolute Gasteiger partial charge is 0.491 e. The molecule has 3 aromatic carbocycles. The number of hydrogen-bond donors (Lipinski definition) is 4. The van der Waals surface area contributed by atoms with Crippen molar-refractivity contribution in [1.29, 1.82) is 0 Å². The minimum Gasteiger partial charge on any atom is -0.491 e. The van der Waals surface area contributed by atoms with E-state index in [1.54, 1.807) is 37.3 Å². The average Bonchev–Trinajstić information content (AvgIpc) is 3.68. The molecule has 182 valence electrons. The van der Waals surface area contributed by atoms with Gasteiger partial charge in [-0.3, -0.25) is 9.59 Å². The average molecular weight is 479 g/mol. The molecule has 10 nitrogen and oxygen atoms in total. The Labute approximate surface area is 200 Å². The van der Waals surface area contributed by atoms with E-state index in [0.29, 0.717) is 17.1 Å². The lowest BCUT2D eigenvalue weighted by molar-refractivity contribution is -0.140. The summed E-state index contributed by atoms with van der Waals surface area (Å²) in [6.45, 7) is 1.47. The van der Waals surface area contributed by atoms with E-state index in [-0.39, 0.29) is 24.9 Å². The summed E-state index contributed by atoms with van der Waals surface area (Å²) in [5.74, 6) is -0.810. The molecule has 10 heteroatoms. The third-order valence-corrected chi connectivity index (χ3v) is 5.44. The maximum Gasteiger partial charge on any atom is 0.407 e. The number of carboxylic acid groups (broad SMARTS) is 1. The van der Waals surface area contributed by atoms with Crippen LogP contribution in [0.2, 0.25) is 0 Å². The van der Waals surface area contributed by atoms with Gasteiger partial charge in [0.25, 0.3) is 10.9 Å². The quantitative estimate of drug-likeness (QED) is 0.305. The molecular weight excluding hydrogens is 454 g/mol. The first kappa shape index (κ1) is 23.8. The molecule has 4 N–H and O–H groups in total. The second kappa shape index (κ2) is 10.3. The summed E-state index contributed by atoms with van der Waals surface area (Å²) >= 11 is 0. The summed E-state index contributed by atoms with van der Waals surface area (Å²) in [7, 11) is 0. The second-order valence-corrected chi connectivity index (χ2v) is 8.12. The van der Waals surface area contributed by atoms with E-state index < -0.39 is 29.0 Å². The highest BCUT2D eigenvalue weighted by Crippen LogP contribution is 2.30. The number of rotatable bonds is 11. The number of carboxylic acids is 1. The highest BCUT2D eigenvalue weighted by molar-refractivity contribution is 5.81. The monoisotopic (exact) mass is 479 g/mol. The highest BCUT2D eigenvalue weighted by atomic mass is 16.5. The minimum atomic E-state index is -1.26. The van der Waals surface area contributed by atoms with Crippen LogP contribution in [-0.4, -0.2) is 42.5 Å². The van der Waals surface area contributed by atoms with Gasteiger partial charge in [-0.15, -0.1) is 0 Å². The van der Waals surface area contributed by atoms with Crippen molar-refractivity contribution in [2.75, 3.05) is 23.8 Å². The summed E-state index contributed by atoms with van der Waals surface area (Å²) in [5, 5.41) is 17.7. The number of benzene rings is 2. The summed E-state index contributed by atoms with van der Waals surface area (Å²) in [5.41, 5.74) is 2.01. The first-order chi connectivity index (χ1) is 16.9. The van der Waals surface area contributed by atoms with E-state index in [1.807, 2.05) is 18.2 Å². The van der Waals surface area contributed by atoms with Crippen LogP contribution in [0.3, 0.4) is 0 Å². The zero-order chi connectivity index (χ0) is 24.9. The van der Waals surface area contributed by atoms with Gasteiger partial charge in [-0.1, -0.05) is 24.3 Å². The van der Waals surface area contributed by atoms with Crippen LogP contribution < -0.4 is 31.5 Å². The van der Waals surface area contributed by atoms with Gasteiger partial charge in [-0.2, -0.15) is 0 Å².